The number of hydrogen-bond acceptors (Lipinski definition) is 4. The topological polar surface area (TPSA) is 77.2 Å². The quantitative estimate of drug-likeness (QED) is 0.779. The van der Waals surface area contributed by atoms with E-state index in [0.717, 1.165) is 31.0 Å². The van der Waals surface area contributed by atoms with E-state index in [-0.39, 0.29) is 12.0 Å². The van der Waals surface area contributed by atoms with Gasteiger partial charge in [0.1, 0.15) is 6.10 Å². The van der Waals surface area contributed by atoms with Crippen molar-refractivity contribution in [2.24, 2.45) is 5.73 Å². The molecule has 2 heterocycles. The molecule has 1 saturated heterocycles. The number of hydrogen-bond donors (Lipinski definition) is 2. The third-order valence-electron chi connectivity index (χ3n) is 2.77. The number of carbonyl (C=O) groups excluding carboxylic acids is 1. The average molecular weight is 235 g/mol. The maximum atomic E-state index is 10.7. The molecule has 17 heavy (non-hydrogen) atoms. The molecule has 3 N–H and O–H groups in total. The number of primary amides is 1. The van der Waals surface area contributed by atoms with Gasteiger partial charge in [0.15, 0.2) is 0 Å². The Balaban J connectivity index is 1.94. The van der Waals surface area contributed by atoms with Crippen molar-refractivity contribution in [3.63, 3.8) is 0 Å². The van der Waals surface area contributed by atoms with Gasteiger partial charge in [-0.25, -0.2) is 0 Å². The van der Waals surface area contributed by atoms with Crippen LogP contribution in [0.4, 0.5) is 0 Å². The third kappa shape index (κ3) is 3.51. The van der Waals surface area contributed by atoms with Crippen molar-refractivity contribution in [2.45, 2.75) is 18.9 Å². The number of carbonyl (C=O) groups is 1. The summed E-state index contributed by atoms with van der Waals surface area (Å²) in [6, 6.07) is 3.93. The predicted octanol–water partition coefficient (Wildman–Crippen LogP) is 0.160. The van der Waals surface area contributed by atoms with Crippen molar-refractivity contribution in [3.05, 3.63) is 29.6 Å². The summed E-state index contributed by atoms with van der Waals surface area (Å²) >= 11 is 0. The molecule has 2 rings (SSSR count). The smallest absolute Gasteiger partial charge is 0.217 e. The summed E-state index contributed by atoms with van der Waals surface area (Å²) < 4.78 is 5.60. The number of nitrogens with two attached hydrogens (primary N) is 1. The molecule has 92 valence electrons. The Labute approximate surface area is 100 Å². The molecule has 5 nitrogen and oxygen atoms in total. The molecule has 1 aromatic heterocycles. The number of aromatic nitrogens is 1. The highest BCUT2D eigenvalue weighted by Gasteiger charge is 2.16. The van der Waals surface area contributed by atoms with Crippen molar-refractivity contribution >= 4 is 5.91 Å². The predicted molar refractivity (Wildman–Crippen MR) is 63.3 cm³/mol. The zero-order valence-corrected chi connectivity index (χ0v) is 9.69. The Morgan fingerprint density at radius 2 is 2.47 bits per heavy atom. The molecule has 1 amide bonds. The Kier molecular flexibility index (Phi) is 4.06. The normalized spacial score (nSPS) is 20.1. The van der Waals surface area contributed by atoms with Crippen molar-refractivity contribution < 1.29 is 9.53 Å². The number of pyridine rings is 1. The standard InChI is InChI=1S/C12H17N3O2/c13-12(16)4-2-9-1-3-10(15-7-9)11-8-14-5-6-17-11/h1,3,7,11,14H,2,4-6,8H2,(H2,13,16)/t11-/m0/s1. The molecule has 1 atom stereocenters. The molecule has 5 heteroatoms. The Morgan fingerprint density at radius 1 is 1.59 bits per heavy atom. The number of aryl methyl sites for hydroxylation is 1. The molecule has 1 fully saturated rings. The van der Waals surface area contributed by atoms with E-state index in [1.807, 2.05) is 12.1 Å². The maximum Gasteiger partial charge on any atom is 0.217 e. The summed E-state index contributed by atoms with van der Waals surface area (Å²) in [5.41, 5.74) is 7.05. The molecule has 0 bridgehead atoms. The van der Waals surface area contributed by atoms with Crippen LogP contribution in [0.1, 0.15) is 23.8 Å². The molecule has 0 radical (unpaired) electrons. The van der Waals surface area contributed by atoms with Gasteiger partial charge in [0.25, 0.3) is 0 Å². The number of amides is 1. The second-order valence-electron chi connectivity index (χ2n) is 4.12. The largest absolute Gasteiger partial charge is 0.370 e. The van der Waals surface area contributed by atoms with Crippen LogP contribution in [0.3, 0.4) is 0 Å². The van der Waals surface area contributed by atoms with Gasteiger partial charge in [-0.05, 0) is 18.1 Å². The first-order valence-corrected chi connectivity index (χ1v) is 5.81. The van der Waals surface area contributed by atoms with Gasteiger partial charge in [-0.2, -0.15) is 0 Å². The first-order chi connectivity index (χ1) is 8.25. The third-order valence-corrected chi connectivity index (χ3v) is 2.77. The highest BCUT2D eigenvalue weighted by Crippen LogP contribution is 2.16. The van der Waals surface area contributed by atoms with Crippen molar-refractivity contribution in [1.29, 1.82) is 0 Å². The summed E-state index contributed by atoms with van der Waals surface area (Å²) in [6.07, 6.45) is 2.83. The Morgan fingerprint density at radius 3 is 3.06 bits per heavy atom. The molecular weight excluding hydrogens is 218 g/mol. The van der Waals surface area contributed by atoms with Gasteiger partial charge >= 0.3 is 0 Å². The lowest BCUT2D eigenvalue weighted by Gasteiger charge is -2.23. The lowest BCUT2D eigenvalue weighted by atomic mass is 10.1. The van der Waals surface area contributed by atoms with E-state index < -0.39 is 0 Å². The van der Waals surface area contributed by atoms with Crippen LogP contribution in [-0.4, -0.2) is 30.6 Å². The molecular formula is C12H17N3O2. The molecule has 0 spiro atoms. The summed E-state index contributed by atoms with van der Waals surface area (Å²) in [5, 5.41) is 3.26. The minimum Gasteiger partial charge on any atom is -0.370 e. The van der Waals surface area contributed by atoms with Gasteiger partial charge in [0, 0.05) is 25.7 Å². The number of nitrogens with zero attached hydrogens (tertiary/aromatic N) is 1. The van der Waals surface area contributed by atoms with Crippen LogP contribution in [0.25, 0.3) is 0 Å². The van der Waals surface area contributed by atoms with Crippen LogP contribution < -0.4 is 11.1 Å². The van der Waals surface area contributed by atoms with Crippen LogP contribution in [0.15, 0.2) is 18.3 Å². The average Bonchev–Trinajstić information content (AvgIpc) is 2.38. The summed E-state index contributed by atoms with van der Waals surface area (Å²) in [7, 11) is 0. The number of rotatable bonds is 4. The monoisotopic (exact) mass is 235 g/mol. The first-order valence-electron chi connectivity index (χ1n) is 5.81. The molecule has 0 aromatic carbocycles. The van der Waals surface area contributed by atoms with Crippen LogP contribution in [0.5, 0.6) is 0 Å². The van der Waals surface area contributed by atoms with Crippen LogP contribution in [0, 0.1) is 0 Å². The zero-order valence-electron chi connectivity index (χ0n) is 9.69. The van der Waals surface area contributed by atoms with Gasteiger partial charge < -0.3 is 15.8 Å². The number of nitrogens with one attached hydrogen (secondary N) is 1. The van der Waals surface area contributed by atoms with Crippen LogP contribution in [0.2, 0.25) is 0 Å². The highest BCUT2D eigenvalue weighted by molar-refractivity contribution is 5.73. The molecule has 1 aliphatic heterocycles. The minimum absolute atomic E-state index is 0.0361. The van der Waals surface area contributed by atoms with Gasteiger partial charge in [-0.1, -0.05) is 6.07 Å². The van der Waals surface area contributed by atoms with E-state index in [1.54, 1.807) is 6.20 Å². The molecule has 1 aromatic rings. The second-order valence-corrected chi connectivity index (χ2v) is 4.12. The van der Waals surface area contributed by atoms with Crippen LogP contribution >= 0.6 is 0 Å². The fourth-order valence-corrected chi connectivity index (χ4v) is 1.80. The Bertz CT molecular complexity index is 372. The maximum absolute atomic E-state index is 10.7. The van der Waals surface area contributed by atoms with Gasteiger partial charge in [-0.15, -0.1) is 0 Å². The molecule has 0 unspecified atom stereocenters. The van der Waals surface area contributed by atoms with Crippen molar-refractivity contribution in [3.8, 4) is 0 Å². The lowest BCUT2D eigenvalue weighted by Crippen LogP contribution is -2.33. The van der Waals surface area contributed by atoms with Crippen molar-refractivity contribution in [2.75, 3.05) is 19.7 Å². The minimum atomic E-state index is -0.283. The van der Waals surface area contributed by atoms with E-state index in [9.17, 15) is 4.79 Å². The van der Waals surface area contributed by atoms with E-state index in [4.69, 9.17) is 10.5 Å². The highest BCUT2D eigenvalue weighted by atomic mass is 16.5. The number of morpholine rings is 1. The fourth-order valence-electron chi connectivity index (χ4n) is 1.80. The first kappa shape index (κ1) is 12.0. The molecule has 0 aliphatic carbocycles. The molecule has 1 aliphatic rings. The van der Waals surface area contributed by atoms with Crippen molar-refractivity contribution in [1.82, 2.24) is 10.3 Å². The van der Waals surface area contributed by atoms with E-state index in [1.165, 1.54) is 0 Å². The number of ether oxygens (including phenoxy) is 1. The molecule has 0 saturated carbocycles. The fraction of sp³-hybridized carbons (Fsp3) is 0.500. The summed E-state index contributed by atoms with van der Waals surface area (Å²) in [5.74, 6) is -0.283. The Hall–Kier alpha value is -1.46. The van der Waals surface area contributed by atoms with Gasteiger partial charge in [0.2, 0.25) is 5.91 Å². The second kappa shape index (κ2) is 5.75. The summed E-state index contributed by atoms with van der Waals surface area (Å²) in [6.45, 7) is 2.41. The SMILES string of the molecule is NC(=O)CCc1ccc([C@@H]2CNCCO2)nc1. The van der Waals surface area contributed by atoms with Crippen LogP contribution in [-0.2, 0) is 16.0 Å². The zero-order chi connectivity index (χ0) is 12.1. The lowest BCUT2D eigenvalue weighted by molar-refractivity contribution is -0.117. The van der Waals surface area contributed by atoms with E-state index >= 15 is 0 Å². The summed E-state index contributed by atoms with van der Waals surface area (Å²) in [4.78, 5) is 15.0. The van der Waals surface area contributed by atoms with Gasteiger partial charge in [0.05, 0.1) is 12.3 Å². The van der Waals surface area contributed by atoms with E-state index in [2.05, 4.69) is 10.3 Å². The van der Waals surface area contributed by atoms with Gasteiger partial charge in [-0.3, -0.25) is 9.78 Å². The van der Waals surface area contributed by atoms with E-state index in [0.29, 0.717) is 12.8 Å².